The van der Waals surface area contributed by atoms with Crippen molar-refractivity contribution < 1.29 is 4.79 Å². The second-order valence-electron chi connectivity index (χ2n) is 9.25. The third-order valence-electron chi connectivity index (χ3n) is 7.44. The summed E-state index contributed by atoms with van der Waals surface area (Å²) in [5.74, 6) is 1.68. The molecule has 160 valence electrons. The molecule has 2 bridgehead atoms. The van der Waals surface area contributed by atoms with Gasteiger partial charge in [-0.3, -0.25) is 9.69 Å². The lowest BCUT2D eigenvalue weighted by Crippen LogP contribution is -2.58. The lowest BCUT2D eigenvalue weighted by molar-refractivity contribution is -0.134. The van der Waals surface area contributed by atoms with Gasteiger partial charge in [-0.15, -0.1) is 0 Å². The SMILES string of the molecule is CC1c2ccccc2CCN1CC(=O)N1CC2C[C@H](C)C(C1)N2c1ccc(C#N)cn1. The maximum Gasteiger partial charge on any atom is 0.236 e. The van der Waals surface area contributed by atoms with Gasteiger partial charge in [0.1, 0.15) is 11.9 Å². The number of carbonyl (C=O) groups is 1. The van der Waals surface area contributed by atoms with Crippen molar-refractivity contribution in [2.75, 3.05) is 31.1 Å². The Kier molecular flexibility index (Phi) is 5.15. The van der Waals surface area contributed by atoms with E-state index in [1.165, 1.54) is 11.1 Å². The summed E-state index contributed by atoms with van der Waals surface area (Å²) in [6, 6.07) is 15.4. The van der Waals surface area contributed by atoms with E-state index in [9.17, 15) is 4.79 Å². The molecule has 6 heteroatoms. The fourth-order valence-corrected chi connectivity index (χ4v) is 5.71. The van der Waals surface area contributed by atoms with Crippen molar-refractivity contribution in [1.82, 2.24) is 14.8 Å². The molecule has 2 saturated heterocycles. The van der Waals surface area contributed by atoms with E-state index in [4.69, 9.17) is 5.26 Å². The number of benzene rings is 1. The molecule has 4 heterocycles. The number of nitrogens with zero attached hydrogens (tertiary/aromatic N) is 5. The summed E-state index contributed by atoms with van der Waals surface area (Å²) in [5, 5.41) is 9.05. The Hall–Kier alpha value is -2.91. The first kappa shape index (κ1) is 20.0. The van der Waals surface area contributed by atoms with E-state index in [-0.39, 0.29) is 24.0 Å². The molecule has 2 fully saturated rings. The maximum absolute atomic E-state index is 13.3. The number of fused-ring (bicyclic) bond motifs is 3. The molecule has 3 unspecified atom stereocenters. The number of piperazine rings is 1. The molecule has 0 saturated carbocycles. The van der Waals surface area contributed by atoms with Crippen LogP contribution in [0.5, 0.6) is 0 Å². The highest BCUT2D eigenvalue weighted by molar-refractivity contribution is 5.79. The number of carbonyl (C=O) groups excluding carboxylic acids is 1. The van der Waals surface area contributed by atoms with Crippen LogP contribution in [-0.2, 0) is 11.2 Å². The van der Waals surface area contributed by atoms with Crippen molar-refractivity contribution in [3.8, 4) is 6.07 Å². The van der Waals surface area contributed by atoms with Crippen molar-refractivity contribution in [2.45, 2.75) is 44.8 Å². The first-order valence-corrected chi connectivity index (χ1v) is 11.3. The Labute approximate surface area is 184 Å². The zero-order valence-electron chi connectivity index (χ0n) is 18.2. The van der Waals surface area contributed by atoms with Gasteiger partial charge in [-0.2, -0.15) is 5.26 Å². The Morgan fingerprint density at radius 2 is 2.03 bits per heavy atom. The van der Waals surface area contributed by atoms with Gasteiger partial charge in [0, 0.05) is 37.9 Å². The van der Waals surface area contributed by atoms with Gasteiger partial charge in [-0.25, -0.2) is 4.98 Å². The highest BCUT2D eigenvalue weighted by Gasteiger charge is 2.46. The third kappa shape index (κ3) is 3.57. The summed E-state index contributed by atoms with van der Waals surface area (Å²) >= 11 is 0. The number of likely N-dealkylation sites (tertiary alicyclic amines) is 1. The Bertz CT molecular complexity index is 1010. The highest BCUT2D eigenvalue weighted by Crippen LogP contribution is 2.38. The summed E-state index contributed by atoms with van der Waals surface area (Å²) in [6.45, 7) is 7.41. The fraction of sp³-hybridized carbons (Fsp3) is 0.480. The quantitative estimate of drug-likeness (QED) is 0.771. The molecule has 6 nitrogen and oxygen atoms in total. The van der Waals surface area contributed by atoms with Crippen LogP contribution >= 0.6 is 0 Å². The fourth-order valence-electron chi connectivity index (χ4n) is 5.71. The van der Waals surface area contributed by atoms with Crippen LogP contribution in [0.4, 0.5) is 5.82 Å². The molecule has 5 rings (SSSR count). The normalized spacial score (nSPS) is 27.6. The van der Waals surface area contributed by atoms with Crippen LogP contribution in [0.25, 0.3) is 0 Å². The Morgan fingerprint density at radius 1 is 1.19 bits per heavy atom. The minimum atomic E-state index is 0.239. The number of hydrogen-bond donors (Lipinski definition) is 0. The molecule has 0 radical (unpaired) electrons. The van der Waals surface area contributed by atoms with E-state index in [1.54, 1.807) is 6.20 Å². The predicted octanol–water partition coefficient (Wildman–Crippen LogP) is 3.00. The largest absolute Gasteiger partial charge is 0.347 e. The van der Waals surface area contributed by atoms with Gasteiger partial charge < -0.3 is 9.80 Å². The number of hydrogen-bond acceptors (Lipinski definition) is 5. The summed E-state index contributed by atoms with van der Waals surface area (Å²) in [7, 11) is 0. The van der Waals surface area contributed by atoms with Crippen LogP contribution in [-0.4, -0.2) is 59.0 Å². The van der Waals surface area contributed by atoms with Crippen LogP contribution < -0.4 is 4.90 Å². The number of aromatic nitrogens is 1. The number of pyridine rings is 1. The highest BCUT2D eigenvalue weighted by atomic mass is 16.2. The number of rotatable bonds is 3. The lowest BCUT2D eigenvalue weighted by atomic mass is 9.93. The molecule has 3 aliphatic heterocycles. The van der Waals surface area contributed by atoms with Crippen molar-refractivity contribution in [2.24, 2.45) is 5.92 Å². The second kappa shape index (κ2) is 7.97. The van der Waals surface area contributed by atoms with E-state index in [1.807, 2.05) is 12.1 Å². The van der Waals surface area contributed by atoms with Gasteiger partial charge in [-0.1, -0.05) is 31.2 Å². The van der Waals surface area contributed by atoms with Crippen LogP contribution in [0.3, 0.4) is 0 Å². The maximum atomic E-state index is 13.3. The molecule has 0 aliphatic carbocycles. The molecule has 1 aromatic carbocycles. The van der Waals surface area contributed by atoms with E-state index in [2.05, 4.69) is 63.9 Å². The van der Waals surface area contributed by atoms with Gasteiger partial charge >= 0.3 is 0 Å². The van der Waals surface area contributed by atoms with Crippen LogP contribution in [0.2, 0.25) is 0 Å². The number of nitriles is 1. The smallest absolute Gasteiger partial charge is 0.236 e. The average molecular weight is 416 g/mol. The van der Waals surface area contributed by atoms with Gasteiger partial charge in [0.15, 0.2) is 0 Å². The summed E-state index contributed by atoms with van der Waals surface area (Å²) in [5.41, 5.74) is 3.34. The van der Waals surface area contributed by atoms with E-state index < -0.39 is 0 Å². The number of amides is 1. The molecule has 1 amide bonds. The molecule has 4 atom stereocenters. The monoisotopic (exact) mass is 415 g/mol. The second-order valence-corrected chi connectivity index (χ2v) is 9.25. The molecule has 0 spiro atoms. The minimum Gasteiger partial charge on any atom is -0.347 e. The van der Waals surface area contributed by atoms with Gasteiger partial charge in [0.2, 0.25) is 5.91 Å². The topological polar surface area (TPSA) is 63.5 Å². The first-order valence-electron chi connectivity index (χ1n) is 11.3. The van der Waals surface area contributed by atoms with Crippen LogP contribution in [0.15, 0.2) is 42.6 Å². The average Bonchev–Trinajstić information content (AvgIpc) is 2.99. The predicted molar refractivity (Wildman–Crippen MR) is 120 cm³/mol. The molecule has 3 aliphatic rings. The van der Waals surface area contributed by atoms with Crippen molar-refractivity contribution in [1.29, 1.82) is 5.26 Å². The molecule has 31 heavy (non-hydrogen) atoms. The Balaban J connectivity index is 1.28. The summed E-state index contributed by atoms with van der Waals surface area (Å²) in [4.78, 5) is 24.6. The lowest BCUT2D eigenvalue weighted by Gasteiger charge is -2.43. The van der Waals surface area contributed by atoms with Crippen molar-refractivity contribution in [3.63, 3.8) is 0 Å². The third-order valence-corrected chi connectivity index (χ3v) is 7.44. The summed E-state index contributed by atoms with van der Waals surface area (Å²) < 4.78 is 0. The molecule has 1 aromatic heterocycles. The zero-order valence-corrected chi connectivity index (χ0v) is 18.2. The minimum absolute atomic E-state index is 0.239. The van der Waals surface area contributed by atoms with Crippen molar-refractivity contribution in [3.05, 3.63) is 59.3 Å². The molecule has 0 N–H and O–H groups in total. The van der Waals surface area contributed by atoms with Gasteiger partial charge in [0.25, 0.3) is 0 Å². The van der Waals surface area contributed by atoms with E-state index in [0.717, 1.165) is 38.3 Å². The van der Waals surface area contributed by atoms with Crippen molar-refractivity contribution >= 4 is 11.7 Å². The number of anilines is 1. The van der Waals surface area contributed by atoms with E-state index in [0.29, 0.717) is 18.0 Å². The molecular formula is C25H29N5O. The summed E-state index contributed by atoms with van der Waals surface area (Å²) in [6.07, 6.45) is 3.73. The van der Waals surface area contributed by atoms with Crippen LogP contribution in [0.1, 0.15) is 43.0 Å². The van der Waals surface area contributed by atoms with Gasteiger partial charge in [0.05, 0.1) is 18.2 Å². The van der Waals surface area contributed by atoms with E-state index >= 15 is 0 Å². The molecular weight excluding hydrogens is 386 g/mol. The Morgan fingerprint density at radius 3 is 2.77 bits per heavy atom. The molecule has 2 aromatic rings. The van der Waals surface area contributed by atoms with Gasteiger partial charge in [-0.05, 0) is 48.9 Å². The van der Waals surface area contributed by atoms with Crippen LogP contribution in [0, 0.1) is 17.2 Å². The first-order chi connectivity index (χ1) is 15.0. The zero-order chi connectivity index (χ0) is 21.5. The standard InChI is InChI=1S/C25H29N5O/c1-17-11-21-14-29(15-23(17)30(21)24-8-7-19(12-26)13-27-24)25(31)16-28-10-9-20-5-3-4-6-22(20)18(28)2/h3-8,13,17-18,21,23H,9-11,14-16H2,1-2H3/t17-,18?,21?,23?/m0/s1.